The highest BCUT2D eigenvalue weighted by molar-refractivity contribution is 5.86. The van der Waals surface area contributed by atoms with Crippen molar-refractivity contribution in [2.24, 2.45) is 5.73 Å². The van der Waals surface area contributed by atoms with Crippen molar-refractivity contribution in [1.82, 2.24) is 5.32 Å². The number of rotatable bonds is 6. The third-order valence-electron chi connectivity index (χ3n) is 3.56. The van der Waals surface area contributed by atoms with Crippen molar-refractivity contribution in [3.8, 4) is 5.75 Å². The molecule has 1 amide bonds. The molecule has 21 heavy (non-hydrogen) atoms. The number of likely N-dealkylation sites (N-methyl/N-ethyl adjacent to an activating group) is 1. The van der Waals surface area contributed by atoms with Gasteiger partial charge in [-0.15, -0.1) is 0 Å². The van der Waals surface area contributed by atoms with Crippen molar-refractivity contribution >= 4 is 5.91 Å². The highest BCUT2D eigenvalue weighted by Gasteiger charge is 2.38. The number of hydrogen-bond donors (Lipinski definition) is 2. The number of nitrogens with one attached hydrogen (secondary N) is 1. The van der Waals surface area contributed by atoms with Crippen LogP contribution in [0.2, 0.25) is 0 Å². The lowest BCUT2D eigenvalue weighted by Gasteiger charge is -2.30. The van der Waals surface area contributed by atoms with Crippen LogP contribution in [-0.2, 0) is 10.3 Å². The second kappa shape index (κ2) is 6.41. The lowest BCUT2D eigenvalue weighted by molar-refractivity contribution is -0.125. The van der Waals surface area contributed by atoms with E-state index in [0.29, 0.717) is 5.75 Å². The molecule has 0 bridgehead atoms. The Bertz CT molecular complexity index is 613. The second-order valence-electron chi connectivity index (χ2n) is 4.99. The van der Waals surface area contributed by atoms with Crippen LogP contribution in [0.1, 0.15) is 11.1 Å². The molecule has 0 aliphatic heterocycles. The molecule has 0 radical (unpaired) electrons. The molecular formula is C17H20N2O2. The van der Waals surface area contributed by atoms with Gasteiger partial charge in [-0.3, -0.25) is 10.1 Å². The molecule has 2 aromatic rings. The third kappa shape index (κ3) is 3.23. The standard InChI is InChI=1S/C17H20N2O2/c1-13-7-6-10-15(11-13)21-12-17(19-2,16(18)20)14-8-4-3-5-9-14/h3-11,19H,12H2,1-2H3,(H2,18,20). The quantitative estimate of drug-likeness (QED) is 0.852. The lowest BCUT2D eigenvalue weighted by Crippen LogP contribution is -2.55. The summed E-state index contributed by atoms with van der Waals surface area (Å²) in [5, 5.41) is 3.02. The largest absolute Gasteiger partial charge is 0.491 e. The highest BCUT2D eigenvalue weighted by atomic mass is 16.5. The normalized spacial score (nSPS) is 13.4. The number of aryl methyl sites for hydroxylation is 1. The van der Waals surface area contributed by atoms with E-state index >= 15 is 0 Å². The fraction of sp³-hybridized carbons (Fsp3) is 0.235. The van der Waals surface area contributed by atoms with Gasteiger partial charge in [-0.05, 0) is 37.2 Å². The minimum absolute atomic E-state index is 0.131. The topological polar surface area (TPSA) is 64.3 Å². The average Bonchev–Trinajstić information content (AvgIpc) is 2.49. The second-order valence-corrected chi connectivity index (χ2v) is 4.99. The van der Waals surface area contributed by atoms with Crippen molar-refractivity contribution in [3.63, 3.8) is 0 Å². The zero-order valence-corrected chi connectivity index (χ0v) is 12.3. The molecule has 110 valence electrons. The zero-order valence-electron chi connectivity index (χ0n) is 12.3. The van der Waals surface area contributed by atoms with E-state index in [2.05, 4.69) is 5.32 Å². The molecule has 0 fully saturated rings. The van der Waals surface area contributed by atoms with Crippen LogP contribution in [0.15, 0.2) is 54.6 Å². The summed E-state index contributed by atoms with van der Waals surface area (Å²) in [5.41, 5.74) is 6.46. The predicted molar refractivity (Wildman–Crippen MR) is 83.0 cm³/mol. The molecule has 1 unspecified atom stereocenters. The average molecular weight is 284 g/mol. The first-order valence-electron chi connectivity index (χ1n) is 6.82. The van der Waals surface area contributed by atoms with Gasteiger partial charge < -0.3 is 10.5 Å². The Hall–Kier alpha value is -2.33. The van der Waals surface area contributed by atoms with Gasteiger partial charge in [0.2, 0.25) is 5.91 Å². The molecule has 0 aliphatic rings. The first kappa shape index (κ1) is 15.1. The molecule has 4 nitrogen and oxygen atoms in total. The molecule has 2 aromatic carbocycles. The van der Waals surface area contributed by atoms with Crippen molar-refractivity contribution in [2.45, 2.75) is 12.5 Å². The first-order valence-corrected chi connectivity index (χ1v) is 6.82. The van der Waals surface area contributed by atoms with Crippen molar-refractivity contribution in [2.75, 3.05) is 13.7 Å². The molecule has 0 spiro atoms. The van der Waals surface area contributed by atoms with Crippen LogP contribution in [0.5, 0.6) is 5.75 Å². The summed E-state index contributed by atoms with van der Waals surface area (Å²) in [6.45, 7) is 2.12. The van der Waals surface area contributed by atoms with Gasteiger partial charge in [0.15, 0.2) is 5.54 Å². The van der Waals surface area contributed by atoms with Gasteiger partial charge in [-0.2, -0.15) is 0 Å². The number of nitrogens with two attached hydrogens (primary N) is 1. The van der Waals surface area contributed by atoms with E-state index < -0.39 is 11.4 Å². The smallest absolute Gasteiger partial charge is 0.245 e. The zero-order chi connectivity index (χ0) is 15.3. The molecule has 0 saturated carbocycles. The molecule has 0 saturated heterocycles. The fourth-order valence-electron chi connectivity index (χ4n) is 2.26. The first-order chi connectivity index (χ1) is 10.1. The monoisotopic (exact) mass is 284 g/mol. The number of hydrogen-bond acceptors (Lipinski definition) is 3. The van der Waals surface area contributed by atoms with E-state index in [9.17, 15) is 4.79 Å². The van der Waals surface area contributed by atoms with Gasteiger partial charge in [0.1, 0.15) is 12.4 Å². The molecule has 1 atom stereocenters. The molecule has 4 heteroatoms. The summed E-state index contributed by atoms with van der Waals surface area (Å²) < 4.78 is 5.80. The molecular weight excluding hydrogens is 264 g/mol. The number of primary amides is 1. The van der Waals surface area contributed by atoms with Crippen molar-refractivity contribution in [1.29, 1.82) is 0 Å². The fourth-order valence-corrected chi connectivity index (χ4v) is 2.26. The van der Waals surface area contributed by atoms with Gasteiger partial charge in [-0.1, -0.05) is 42.5 Å². The molecule has 0 aliphatic carbocycles. The van der Waals surface area contributed by atoms with Gasteiger partial charge in [-0.25, -0.2) is 0 Å². The van der Waals surface area contributed by atoms with E-state index in [4.69, 9.17) is 10.5 Å². The van der Waals surface area contributed by atoms with Crippen LogP contribution in [0.25, 0.3) is 0 Å². The van der Waals surface area contributed by atoms with Gasteiger partial charge in [0.25, 0.3) is 0 Å². The van der Waals surface area contributed by atoms with Gasteiger partial charge >= 0.3 is 0 Å². The number of carbonyl (C=O) groups excluding carboxylic acids is 1. The summed E-state index contributed by atoms with van der Waals surface area (Å²) in [6.07, 6.45) is 0. The Morgan fingerprint density at radius 3 is 2.48 bits per heavy atom. The predicted octanol–water partition coefficient (Wildman–Crippen LogP) is 1.97. The minimum atomic E-state index is -1.05. The van der Waals surface area contributed by atoms with Crippen molar-refractivity contribution < 1.29 is 9.53 Å². The maximum atomic E-state index is 12.0. The van der Waals surface area contributed by atoms with Crippen LogP contribution in [-0.4, -0.2) is 19.6 Å². The van der Waals surface area contributed by atoms with Gasteiger partial charge in [0.05, 0.1) is 0 Å². The Morgan fingerprint density at radius 1 is 1.19 bits per heavy atom. The number of ether oxygens (including phenoxy) is 1. The van der Waals surface area contributed by atoms with E-state index in [-0.39, 0.29) is 6.61 Å². The van der Waals surface area contributed by atoms with Crippen LogP contribution in [0.3, 0.4) is 0 Å². The lowest BCUT2D eigenvalue weighted by atomic mass is 9.90. The molecule has 3 N–H and O–H groups in total. The van der Waals surface area contributed by atoms with Gasteiger partial charge in [0, 0.05) is 0 Å². The third-order valence-corrected chi connectivity index (χ3v) is 3.56. The number of carbonyl (C=O) groups is 1. The SMILES string of the molecule is CNC(COc1cccc(C)c1)(C(N)=O)c1ccccc1. The number of benzene rings is 2. The van der Waals surface area contributed by atoms with Crippen LogP contribution in [0.4, 0.5) is 0 Å². The Kier molecular flexibility index (Phi) is 4.60. The summed E-state index contributed by atoms with van der Waals surface area (Å²) in [6, 6.07) is 17.1. The molecule has 0 heterocycles. The maximum Gasteiger partial charge on any atom is 0.245 e. The molecule has 0 aromatic heterocycles. The van der Waals surface area contributed by atoms with Crippen LogP contribution < -0.4 is 15.8 Å². The maximum absolute atomic E-state index is 12.0. The Labute approximate surface area is 124 Å². The Morgan fingerprint density at radius 2 is 1.90 bits per heavy atom. The molecule has 2 rings (SSSR count). The van der Waals surface area contributed by atoms with Crippen LogP contribution >= 0.6 is 0 Å². The van der Waals surface area contributed by atoms with E-state index in [1.165, 1.54) is 0 Å². The van der Waals surface area contributed by atoms with Crippen molar-refractivity contribution in [3.05, 3.63) is 65.7 Å². The van der Waals surface area contributed by atoms with E-state index in [0.717, 1.165) is 11.1 Å². The van der Waals surface area contributed by atoms with Crippen LogP contribution in [0, 0.1) is 6.92 Å². The highest BCUT2D eigenvalue weighted by Crippen LogP contribution is 2.23. The van der Waals surface area contributed by atoms with E-state index in [1.807, 2.05) is 61.5 Å². The summed E-state index contributed by atoms with van der Waals surface area (Å²) in [5.74, 6) is 0.246. The van der Waals surface area contributed by atoms with E-state index in [1.54, 1.807) is 7.05 Å². The summed E-state index contributed by atoms with van der Waals surface area (Å²) >= 11 is 0. The summed E-state index contributed by atoms with van der Waals surface area (Å²) in [4.78, 5) is 12.0. The minimum Gasteiger partial charge on any atom is -0.491 e. The number of amides is 1. The Balaban J connectivity index is 2.27. The summed E-state index contributed by atoms with van der Waals surface area (Å²) in [7, 11) is 1.71.